The standard InChI is InChI=1S/C23H30N4O4S/c1-3-26(4-2)22(28)18-25-13-15-27(16-14-25)23(29)19-9-8-10-20(17-19)24-32(30,31)21-11-6-5-7-12-21/h5-12,17,24H,3-4,13-16,18H2,1-2H3. The number of nitrogens with zero attached hydrogens (tertiary/aromatic N) is 3. The molecule has 1 heterocycles. The molecule has 8 nitrogen and oxygen atoms in total. The number of hydrogen-bond donors (Lipinski definition) is 1. The summed E-state index contributed by atoms with van der Waals surface area (Å²) in [5.41, 5.74) is 0.758. The minimum Gasteiger partial charge on any atom is -0.342 e. The van der Waals surface area contributed by atoms with Crippen molar-refractivity contribution in [3.8, 4) is 0 Å². The number of carbonyl (C=O) groups excluding carboxylic acids is 2. The smallest absolute Gasteiger partial charge is 0.261 e. The predicted octanol–water partition coefficient (Wildman–Crippen LogP) is 2.11. The minimum absolute atomic E-state index is 0.105. The Morgan fingerprint density at radius 2 is 1.59 bits per heavy atom. The Balaban J connectivity index is 1.60. The van der Waals surface area contributed by atoms with Gasteiger partial charge in [-0.1, -0.05) is 24.3 Å². The lowest BCUT2D eigenvalue weighted by Gasteiger charge is -2.35. The molecule has 2 aromatic carbocycles. The van der Waals surface area contributed by atoms with E-state index in [1.807, 2.05) is 13.8 Å². The largest absolute Gasteiger partial charge is 0.342 e. The lowest BCUT2D eigenvalue weighted by Crippen LogP contribution is -2.51. The molecule has 1 fully saturated rings. The van der Waals surface area contributed by atoms with E-state index >= 15 is 0 Å². The molecule has 9 heteroatoms. The summed E-state index contributed by atoms with van der Waals surface area (Å²) in [6.07, 6.45) is 0. The monoisotopic (exact) mass is 458 g/mol. The molecule has 2 aromatic rings. The first-order valence-electron chi connectivity index (χ1n) is 10.8. The van der Waals surface area contributed by atoms with Crippen molar-refractivity contribution < 1.29 is 18.0 Å². The highest BCUT2D eigenvalue weighted by atomic mass is 32.2. The summed E-state index contributed by atoms with van der Waals surface area (Å²) >= 11 is 0. The van der Waals surface area contributed by atoms with Gasteiger partial charge in [0.2, 0.25) is 5.91 Å². The number of sulfonamides is 1. The molecule has 32 heavy (non-hydrogen) atoms. The lowest BCUT2D eigenvalue weighted by molar-refractivity contribution is -0.132. The average Bonchev–Trinajstić information content (AvgIpc) is 2.80. The van der Waals surface area contributed by atoms with Gasteiger partial charge in [0.05, 0.1) is 11.4 Å². The zero-order valence-corrected chi connectivity index (χ0v) is 19.3. The number of benzene rings is 2. The van der Waals surface area contributed by atoms with Crippen LogP contribution in [0.15, 0.2) is 59.5 Å². The third-order valence-electron chi connectivity index (χ3n) is 5.55. The Kier molecular flexibility index (Phi) is 7.87. The first-order chi connectivity index (χ1) is 15.3. The van der Waals surface area contributed by atoms with Crippen LogP contribution in [0.4, 0.5) is 5.69 Å². The molecule has 1 aliphatic heterocycles. The number of likely N-dealkylation sites (N-methyl/N-ethyl adjacent to an activating group) is 1. The number of nitrogens with one attached hydrogen (secondary N) is 1. The zero-order valence-electron chi connectivity index (χ0n) is 18.5. The highest BCUT2D eigenvalue weighted by molar-refractivity contribution is 7.92. The molecule has 0 saturated carbocycles. The number of rotatable bonds is 8. The van der Waals surface area contributed by atoms with Crippen molar-refractivity contribution in [2.24, 2.45) is 0 Å². The van der Waals surface area contributed by atoms with Crippen molar-refractivity contribution in [1.82, 2.24) is 14.7 Å². The van der Waals surface area contributed by atoms with Gasteiger partial charge in [0, 0.05) is 50.5 Å². The molecule has 0 unspecified atom stereocenters. The van der Waals surface area contributed by atoms with E-state index in [0.717, 1.165) is 0 Å². The normalized spacial score (nSPS) is 14.8. The van der Waals surface area contributed by atoms with Gasteiger partial charge in [-0.25, -0.2) is 8.42 Å². The average molecular weight is 459 g/mol. The summed E-state index contributed by atoms with van der Waals surface area (Å²) in [6, 6.07) is 14.6. The molecule has 1 aliphatic rings. The van der Waals surface area contributed by atoms with Gasteiger partial charge in [0.25, 0.3) is 15.9 Å². The summed E-state index contributed by atoms with van der Waals surface area (Å²) in [7, 11) is -3.73. The van der Waals surface area contributed by atoms with E-state index in [9.17, 15) is 18.0 Å². The highest BCUT2D eigenvalue weighted by Crippen LogP contribution is 2.18. The molecule has 0 aromatic heterocycles. The quantitative estimate of drug-likeness (QED) is 0.654. The number of anilines is 1. The molecule has 2 amide bonds. The second kappa shape index (κ2) is 10.6. The fourth-order valence-electron chi connectivity index (χ4n) is 3.69. The van der Waals surface area contributed by atoms with Crippen LogP contribution in [0.3, 0.4) is 0 Å². The van der Waals surface area contributed by atoms with E-state index in [1.54, 1.807) is 52.3 Å². The van der Waals surface area contributed by atoms with Crippen molar-refractivity contribution in [1.29, 1.82) is 0 Å². The summed E-state index contributed by atoms with van der Waals surface area (Å²) in [5.74, 6) is -0.0475. The van der Waals surface area contributed by atoms with Gasteiger partial charge in [-0.3, -0.25) is 19.2 Å². The number of piperazine rings is 1. The number of carbonyl (C=O) groups is 2. The molecule has 0 aliphatic carbocycles. The Morgan fingerprint density at radius 1 is 0.938 bits per heavy atom. The van der Waals surface area contributed by atoms with Crippen LogP contribution >= 0.6 is 0 Å². The Morgan fingerprint density at radius 3 is 2.22 bits per heavy atom. The number of amides is 2. The van der Waals surface area contributed by atoms with E-state index in [0.29, 0.717) is 57.1 Å². The van der Waals surface area contributed by atoms with Crippen molar-refractivity contribution in [2.45, 2.75) is 18.7 Å². The predicted molar refractivity (Wildman–Crippen MR) is 124 cm³/mol. The van der Waals surface area contributed by atoms with Crippen molar-refractivity contribution in [3.05, 3.63) is 60.2 Å². The maximum absolute atomic E-state index is 13.0. The first kappa shape index (κ1) is 23.7. The van der Waals surface area contributed by atoms with E-state index in [4.69, 9.17) is 0 Å². The van der Waals surface area contributed by atoms with Crippen molar-refractivity contribution in [2.75, 3.05) is 50.5 Å². The summed E-state index contributed by atoms with van der Waals surface area (Å²) in [4.78, 5) is 31.1. The molecular weight excluding hydrogens is 428 g/mol. The van der Waals surface area contributed by atoms with Crippen LogP contribution in [0.2, 0.25) is 0 Å². The van der Waals surface area contributed by atoms with Crippen LogP contribution in [-0.2, 0) is 14.8 Å². The first-order valence-corrected chi connectivity index (χ1v) is 12.3. The zero-order chi connectivity index (χ0) is 23.1. The molecule has 0 spiro atoms. The molecule has 0 radical (unpaired) electrons. The molecule has 172 valence electrons. The maximum atomic E-state index is 13.0. The van der Waals surface area contributed by atoms with Gasteiger partial charge in [-0.2, -0.15) is 0 Å². The second-order valence-corrected chi connectivity index (χ2v) is 9.32. The Hall–Kier alpha value is -2.91. The van der Waals surface area contributed by atoms with Gasteiger partial charge in [-0.15, -0.1) is 0 Å². The molecule has 3 rings (SSSR count). The topological polar surface area (TPSA) is 90.0 Å². The fraction of sp³-hybridized carbons (Fsp3) is 0.391. The van der Waals surface area contributed by atoms with Crippen LogP contribution in [0.1, 0.15) is 24.2 Å². The SMILES string of the molecule is CCN(CC)C(=O)CN1CCN(C(=O)c2cccc(NS(=O)(=O)c3ccccc3)c2)CC1. The molecule has 0 atom stereocenters. The van der Waals surface area contributed by atoms with Gasteiger partial charge in [0.1, 0.15) is 0 Å². The molecular formula is C23H30N4O4S. The molecule has 1 N–H and O–H groups in total. The van der Waals surface area contributed by atoms with Crippen LogP contribution in [0.5, 0.6) is 0 Å². The van der Waals surface area contributed by atoms with Gasteiger partial charge in [0.15, 0.2) is 0 Å². The fourth-order valence-corrected chi connectivity index (χ4v) is 4.76. The minimum atomic E-state index is -3.73. The van der Waals surface area contributed by atoms with Crippen molar-refractivity contribution >= 4 is 27.5 Å². The van der Waals surface area contributed by atoms with Crippen LogP contribution < -0.4 is 4.72 Å². The van der Waals surface area contributed by atoms with E-state index in [-0.39, 0.29) is 16.7 Å². The van der Waals surface area contributed by atoms with Crippen LogP contribution in [0.25, 0.3) is 0 Å². The van der Waals surface area contributed by atoms with E-state index in [2.05, 4.69) is 9.62 Å². The van der Waals surface area contributed by atoms with Crippen LogP contribution in [0, 0.1) is 0 Å². The Labute approximate surface area is 189 Å². The van der Waals surface area contributed by atoms with Crippen LogP contribution in [-0.4, -0.2) is 80.7 Å². The third-order valence-corrected chi connectivity index (χ3v) is 6.95. The maximum Gasteiger partial charge on any atom is 0.261 e. The molecule has 1 saturated heterocycles. The number of hydrogen-bond acceptors (Lipinski definition) is 5. The summed E-state index contributed by atoms with van der Waals surface area (Å²) < 4.78 is 27.6. The Bertz CT molecular complexity index is 1030. The van der Waals surface area contributed by atoms with E-state index in [1.165, 1.54) is 12.1 Å². The van der Waals surface area contributed by atoms with Gasteiger partial charge >= 0.3 is 0 Å². The molecule has 0 bridgehead atoms. The van der Waals surface area contributed by atoms with Gasteiger partial charge < -0.3 is 9.80 Å². The van der Waals surface area contributed by atoms with E-state index < -0.39 is 10.0 Å². The van der Waals surface area contributed by atoms with Crippen molar-refractivity contribution in [3.63, 3.8) is 0 Å². The van der Waals surface area contributed by atoms with Gasteiger partial charge in [-0.05, 0) is 44.2 Å². The highest BCUT2D eigenvalue weighted by Gasteiger charge is 2.24. The second-order valence-electron chi connectivity index (χ2n) is 7.63. The summed E-state index contributed by atoms with van der Waals surface area (Å²) in [6.45, 7) is 7.96. The summed E-state index contributed by atoms with van der Waals surface area (Å²) in [5, 5.41) is 0. The third kappa shape index (κ3) is 5.86. The lowest BCUT2D eigenvalue weighted by atomic mass is 10.1.